The van der Waals surface area contributed by atoms with Gasteiger partial charge < -0.3 is 9.64 Å². The highest BCUT2D eigenvalue weighted by Gasteiger charge is 2.32. The third-order valence-corrected chi connectivity index (χ3v) is 4.61. The van der Waals surface area contributed by atoms with E-state index in [9.17, 15) is 9.59 Å². The Hall–Kier alpha value is -1.88. The molecule has 0 unspecified atom stereocenters. The molecule has 138 valence electrons. The number of ether oxygens (including phenoxy) is 1. The van der Waals surface area contributed by atoms with E-state index >= 15 is 0 Å². The fraction of sp³-hybridized carbons (Fsp3) is 0.600. The Balaban J connectivity index is 2.00. The predicted octanol–water partition coefficient (Wildman–Crippen LogP) is 3.51. The van der Waals surface area contributed by atoms with Crippen LogP contribution in [0.3, 0.4) is 0 Å². The van der Waals surface area contributed by atoms with Gasteiger partial charge in [-0.15, -0.1) is 0 Å². The summed E-state index contributed by atoms with van der Waals surface area (Å²) in [5, 5.41) is 0. The van der Waals surface area contributed by atoms with Crippen LogP contribution in [0.5, 0.6) is 0 Å². The maximum atomic E-state index is 12.8. The van der Waals surface area contributed by atoms with E-state index in [1.165, 1.54) is 0 Å². The van der Waals surface area contributed by atoms with Crippen LogP contribution in [-0.2, 0) is 9.53 Å². The van der Waals surface area contributed by atoms with Gasteiger partial charge in [-0.05, 0) is 12.0 Å². The molecule has 0 bridgehead atoms. The Morgan fingerprint density at radius 3 is 2.28 bits per heavy atom. The minimum Gasteiger partial charge on any atom is -0.449 e. The number of ketones is 1. The number of benzene rings is 1. The third kappa shape index (κ3) is 5.30. The van der Waals surface area contributed by atoms with Crippen molar-refractivity contribution in [2.75, 3.05) is 32.8 Å². The molecule has 1 amide bonds. The van der Waals surface area contributed by atoms with Gasteiger partial charge in [-0.1, -0.05) is 57.5 Å². The molecule has 0 N–H and O–H groups in total. The second-order valence-electron chi connectivity index (χ2n) is 6.86. The lowest BCUT2D eigenvalue weighted by atomic mass is 9.93. The number of carbonyl (C=O) groups is 2. The fourth-order valence-electron chi connectivity index (χ4n) is 3.06. The fourth-order valence-corrected chi connectivity index (χ4v) is 3.06. The van der Waals surface area contributed by atoms with Crippen LogP contribution in [0, 0.1) is 5.92 Å². The zero-order valence-corrected chi connectivity index (χ0v) is 15.6. The Morgan fingerprint density at radius 1 is 1.08 bits per heavy atom. The first-order chi connectivity index (χ1) is 12.0. The van der Waals surface area contributed by atoms with Crippen molar-refractivity contribution >= 4 is 11.9 Å². The lowest BCUT2D eigenvalue weighted by molar-refractivity contribution is -0.128. The molecule has 2 rings (SSSR count). The Morgan fingerprint density at radius 2 is 1.72 bits per heavy atom. The topological polar surface area (TPSA) is 49.9 Å². The van der Waals surface area contributed by atoms with Crippen LogP contribution in [0.25, 0.3) is 0 Å². The molecule has 1 aliphatic rings. The van der Waals surface area contributed by atoms with Gasteiger partial charge in [0.25, 0.3) is 0 Å². The molecule has 1 aliphatic heterocycles. The van der Waals surface area contributed by atoms with E-state index in [1.54, 1.807) is 4.90 Å². The summed E-state index contributed by atoms with van der Waals surface area (Å²) >= 11 is 0. The number of unbranched alkanes of at least 4 members (excludes halogenated alkanes) is 1. The standard InChI is InChI=1S/C20H30N2O3/c1-4-5-15-25-20(24)22-13-11-21(12-14-22)18(19(23)16(2)3)17-9-7-6-8-10-17/h6-10,16,18H,4-5,11-15H2,1-3H3/t18-/m1/s1. The molecule has 5 heteroatoms. The normalized spacial score (nSPS) is 16.7. The quantitative estimate of drug-likeness (QED) is 0.709. The average molecular weight is 346 g/mol. The Labute approximate surface area is 150 Å². The summed E-state index contributed by atoms with van der Waals surface area (Å²) in [7, 11) is 0. The molecule has 0 radical (unpaired) electrons. The summed E-state index contributed by atoms with van der Waals surface area (Å²) in [6.07, 6.45) is 1.67. The lowest BCUT2D eigenvalue weighted by Crippen LogP contribution is -2.51. The lowest BCUT2D eigenvalue weighted by Gasteiger charge is -2.38. The number of Topliss-reactive ketones (excluding diaryl/α,β-unsaturated/α-hetero) is 1. The molecular formula is C20H30N2O3. The van der Waals surface area contributed by atoms with Crippen LogP contribution in [0.4, 0.5) is 4.79 Å². The Bertz CT molecular complexity index is 551. The highest BCUT2D eigenvalue weighted by molar-refractivity contribution is 5.87. The summed E-state index contributed by atoms with van der Waals surface area (Å²) in [6, 6.07) is 9.69. The molecule has 1 aromatic rings. The second-order valence-corrected chi connectivity index (χ2v) is 6.86. The van der Waals surface area contributed by atoms with Crippen LogP contribution in [-0.4, -0.2) is 54.5 Å². The third-order valence-electron chi connectivity index (χ3n) is 4.61. The van der Waals surface area contributed by atoms with Gasteiger partial charge in [-0.3, -0.25) is 9.69 Å². The molecule has 1 aromatic carbocycles. The molecule has 0 saturated carbocycles. The van der Waals surface area contributed by atoms with Crippen molar-refractivity contribution in [2.24, 2.45) is 5.92 Å². The number of nitrogens with zero attached hydrogens (tertiary/aromatic N) is 2. The number of amides is 1. The minimum absolute atomic E-state index is 0.0257. The molecule has 1 atom stereocenters. The number of rotatable bonds is 7. The molecule has 25 heavy (non-hydrogen) atoms. The van der Waals surface area contributed by atoms with Gasteiger partial charge in [0.15, 0.2) is 5.78 Å². The molecule has 0 aliphatic carbocycles. The number of hydrogen-bond acceptors (Lipinski definition) is 4. The maximum Gasteiger partial charge on any atom is 0.409 e. The highest BCUT2D eigenvalue weighted by atomic mass is 16.6. The maximum absolute atomic E-state index is 12.8. The van der Waals surface area contributed by atoms with Crippen molar-refractivity contribution in [3.05, 3.63) is 35.9 Å². The SMILES string of the molecule is CCCCOC(=O)N1CCN([C@@H](C(=O)C(C)C)c2ccccc2)CC1. The molecule has 1 fully saturated rings. The molecule has 5 nitrogen and oxygen atoms in total. The molecule has 1 saturated heterocycles. The molecule has 1 heterocycles. The van der Waals surface area contributed by atoms with E-state index in [2.05, 4.69) is 11.8 Å². The minimum atomic E-state index is -0.237. The van der Waals surface area contributed by atoms with Crippen molar-refractivity contribution in [3.63, 3.8) is 0 Å². The summed E-state index contributed by atoms with van der Waals surface area (Å²) in [5.41, 5.74) is 1.03. The van der Waals surface area contributed by atoms with Gasteiger partial charge in [0.1, 0.15) is 0 Å². The van der Waals surface area contributed by atoms with Crippen molar-refractivity contribution < 1.29 is 14.3 Å². The largest absolute Gasteiger partial charge is 0.449 e. The van der Waals surface area contributed by atoms with E-state index in [-0.39, 0.29) is 23.8 Å². The van der Waals surface area contributed by atoms with Crippen molar-refractivity contribution in [1.82, 2.24) is 9.80 Å². The first-order valence-electron chi connectivity index (χ1n) is 9.29. The van der Waals surface area contributed by atoms with Crippen LogP contribution in [0.2, 0.25) is 0 Å². The van der Waals surface area contributed by atoms with Gasteiger partial charge in [-0.25, -0.2) is 4.79 Å². The van der Waals surface area contributed by atoms with Gasteiger partial charge >= 0.3 is 6.09 Å². The Kier molecular flexibility index (Phi) is 7.44. The number of carbonyl (C=O) groups excluding carboxylic acids is 2. The summed E-state index contributed by atoms with van der Waals surface area (Å²) < 4.78 is 5.29. The van der Waals surface area contributed by atoms with E-state index in [4.69, 9.17) is 4.74 Å². The molecule has 0 aromatic heterocycles. The monoisotopic (exact) mass is 346 g/mol. The van der Waals surface area contributed by atoms with Gasteiger partial charge in [0.05, 0.1) is 12.6 Å². The van der Waals surface area contributed by atoms with Crippen molar-refractivity contribution in [1.29, 1.82) is 0 Å². The first-order valence-corrected chi connectivity index (χ1v) is 9.29. The van der Waals surface area contributed by atoms with E-state index < -0.39 is 0 Å². The number of piperazine rings is 1. The second kappa shape index (κ2) is 9.56. The number of hydrogen-bond donors (Lipinski definition) is 0. The van der Waals surface area contributed by atoms with E-state index in [0.29, 0.717) is 32.8 Å². The van der Waals surface area contributed by atoms with Crippen LogP contribution in [0.1, 0.15) is 45.2 Å². The summed E-state index contributed by atoms with van der Waals surface area (Å²) in [5.74, 6) is 0.201. The first kappa shape index (κ1) is 19.4. The average Bonchev–Trinajstić information content (AvgIpc) is 2.63. The highest BCUT2D eigenvalue weighted by Crippen LogP contribution is 2.26. The van der Waals surface area contributed by atoms with E-state index in [0.717, 1.165) is 18.4 Å². The van der Waals surface area contributed by atoms with Gasteiger partial charge in [-0.2, -0.15) is 0 Å². The zero-order chi connectivity index (χ0) is 18.2. The van der Waals surface area contributed by atoms with Crippen LogP contribution < -0.4 is 0 Å². The summed E-state index contributed by atoms with van der Waals surface area (Å²) in [6.45, 7) is 9.00. The van der Waals surface area contributed by atoms with Crippen LogP contribution >= 0.6 is 0 Å². The summed E-state index contributed by atoms with van der Waals surface area (Å²) in [4.78, 5) is 28.8. The van der Waals surface area contributed by atoms with Gasteiger partial charge in [0, 0.05) is 32.1 Å². The zero-order valence-electron chi connectivity index (χ0n) is 15.6. The van der Waals surface area contributed by atoms with Gasteiger partial charge in [0.2, 0.25) is 0 Å². The van der Waals surface area contributed by atoms with Crippen molar-refractivity contribution in [3.8, 4) is 0 Å². The predicted molar refractivity (Wildman–Crippen MR) is 98.4 cm³/mol. The van der Waals surface area contributed by atoms with Crippen LogP contribution in [0.15, 0.2) is 30.3 Å². The van der Waals surface area contributed by atoms with E-state index in [1.807, 2.05) is 44.2 Å². The molecular weight excluding hydrogens is 316 g/mol. The van der Waals surface area contributed by atoms with Crippen molar-refractivity contribution in [2.45, 2.75) is 39.7 Å². The smallest absolute Gasteiger partial charge is 0.409 e. The molecule has 0 spiro atoms.